The minimum Gasteiger partial charge on any atom is -0.449 e. The molecule has 0 aliphatic heterocycles. The zero-order chi connectivity index (χ0) is 17.7. The zero-order valence-electron chi connectivity index (χ0n) is 13.8. The summed E-state index contributed by atoms with van der Waals surface area (Å²) in [5.41, 5.74) is 0.525. The fourth-order valence-corrected chi connectivity index (χ4v) is 1.88. The number of amides is 1. The summed E-state index contributed by atoms with van der Waals surface area (Å²) in [6.07, 6.45) is 1.03. The van der Waals surface area contributed by atoms with Gasteiger partial charge in [-0.05, 0) is 5.92 Å². The fraction of sp³-hybridized carbons (Fsp3) is 0.438. The average Bonchev–Trinajstić information content (AvgIpc) is 2.53. The molecule has 0 aliphatic carbocycles. The van der Waals surface area contributed by atoms with Crippen LogP contribution < -0.4 is 5.32 Å². The molecule has 1 aromatic heterocycles. The Hall–Kier alpha value is -2.51. The number of carbonyl (C=O) groups excluding carboxylic acids is 1. The summed E-state index contributed by atoms with van der Waals surface area (Å²) >= 11 is 0. The van der Waals surface area contributed by atoms with Crippen LogP contribution in [0.4, 0.5) is 19.4 Å². The van der Waals surface area contributed by atoms with E-state index in [-0.39, 0.29) is 17.0 Å². The molecule has 1 aromatic carbocycles. The number of likely N-dealkylation sites (N-methyl/N-ethyl adjacent to an activating group) is 1. The first-order chi connectivity index (χ1) is 11.4. The van der Waals surface area contributed by atoms with E-state index in [2.05, 4.69) is 15.3 Å². The second kappa shape index (κ2) is 7.85. The highest BCUT2D eigenvalue weighted by Crippen LogP contribution is 2.16. The molecule has 130 valence electrons. The summed E-state index contributed by atoms with van der Waals surface area (Å²) in [5, 5.41) is 2.98. The summed E-state index contributed by atoms with van der Waals surface area (Å²) in [6, 6.07) is 2.00. The normalized spacial score (nSPS) is 10.9. The van der Waals surface area contributed by atoms with Gasteiger partial charge in [0.15, 0.2) is 11.6 Å². The maximum Gasteiger partial charge on any atom is 0.409 e. The number of ether oxygens (including phenoxy) is 1. The number of hydrogen-bond donors (Lipinski definition) is 1. The van der Waals surface area contributed by atoms with Crippen molar-refractivity contribution in [1.82, 2.24) is 14.9 Å². The number of anilines is 1. The zero-order valence-corrected chi connectivity index (χ0v) is 13.8. The lowest BCUT2D eigenvalue weighted by Gasteiger charge is -2.18. The van der Waals surface area contributed by atoms with Crippen molar-refractivity contribution < 1.29 is 18.3 Å². The van der Waals surface area contributed by atoms with Gasteiger partial charge in [-0.25, -0.2) is 18.6 Å². The molecule has 0 unspecified atom stereocenters. The van der Waals surface area contributed by atoms with Crippen molar-refractivity contribution in [1.29, 1.82) is 0 Å². The van der Waals surface area contributed by atoms with Gasteiger partial charge in [-0.15, -0.1) is 0 Å². The molecular weight excluding hydrogens is 318 g/mol. The molecule has 0 aliphatic rings. The number of fused-ring (bicyclic) bond motifs is 1. The van der Waals surface area contributed by atoms with E-state index in [1.165, 1.54) is 11.1 Å². The maximum atomic E-state index is 13.2. The quantitative estimate of drug-likeness (QED) is 0.877. The van der Waals surface area contributed by atoms with Crippen LogP contribution in [-0.2, 0) is 4.74 Å². The molecule has 0 saturated carbocycles. The summed E-state index contributed by atoms with van der Waals surface area (Å²) in [6.45, 7) is 5.10. The highest BCUT2D eigenvalue weighted by atomic mass is 19.2. The van der Waals surface area contributed by atoms with Crippen LogP contribution in [0, 0.1) is 17.6 Å². The Morgan fingerprint density at radius 3 is 2.62 bits per heavy atom. The third-order valence-corrected chi connectivity index (χ3v) is 3.19. The molecule has 2 rings (SSSR count). The van der Waals surface area contributed by atoms with Crippen LogP contribution in [0.15, 0.2) is 18.3 Å². The molecule has 0 atom stereocenters. The highest BCUT2D eigenvalue weighted by molar-refractivity contribution is 5.75. The predicted octanol–water partition coefficient (Wildman–Crippen LogP) is 3.04. The van der Waals surface area contributed by atoms with E-state index < -0.39 is 17.7 Å². The van der Waals surface area contributed by atoms with E-state index >= 15 is 0 Å². The number of rotatable bonds is 6. The SMILES string of the molecule is CC(C)COC(=O)N(C)CCNc1cnc2cc(F)c(F)cc2n1. The molecule has 0 spiro atoms. The first-order valence-electron chi connectivity index (χ1n) is 7.60. The lowest BCUT2D eigenvalue weighted by atomic mass is 10.2. The molecule has 8 heteroatoms. The van der Waals surface area contributed by atoms with E-state index in [1.54, 1.807) is 7.05 Å². The van der Waals surface area contributed by atoms with Crippen LogP contribution in [0.5, 0.6) is 0 Å². The van der Waals surface area contributed by atoms with Crippen molar-refractivity contribution in [2.75, 3.05) is 32.1 Å². The summed E-state index contributed by atoms with van der Waals surface area (Å²) in [7, 11) is 1.63. The monoisotopic (exact) mass is 338 g/mol. The summed E-state index contributed by atoms with van der Waals surface area (Å²) in [5.74, 6) is -1.24. The van der Waals surface area contributed by atoms with E-state index in [1.807, 2.05) is 13.8 Å². The first-order valence-corrected chi connectivity index (χ1v) is 7.60. The average molecular weight is 338 g/mol. The molecular formula is C16H20F2N4O2. The van der Waals surface area contributed by atoms with Gasteiger partial charge in [0.05, 0.1) is 23.8 Å². The third-order valence-electron chi connectivity index (χ3n) is 3.19. The molecule has 0 fully saturated rings. The van der Waals surface area contributed by atoms with Crippen molar-refractivity contribution in [3.8, 4) is 0 Å². The van der Waals surface area contributed by atoms with Crippen molar-refractivity contribution in [3.05, 3.63) is 30.0 Å². The fourth-order valence-electron chi connectivity index (χ4n) is 1.88. The smallest absolute Gasteiger partial charge is 0.409 e. The van der Waals surface area contributed by atoms with E-state index in [0.717, 1.165) is 12.1 Å². The van der Waals surface area contributed by atoms with Gasteiger partial charge in [0.25, 0.3) is 0 Å². The molecule has 0 saturated heterocycles. The van der Waals surface area contributed by atoms with Gasteiger partial charge in [0, 0.05) is 32.3 Å². The van der Waals surface area contributed by atoms with Crippen molar-refractivity contribution in [3.63, 3.8) is 0 Å². The van der Waals surface area contributed by atoms with Crippen LogP contribution in [0.25, 0.3) is 11.0 Å². The Labute approximate surface area is 138 Å². The van der Waals surface area contributed by atoms with Crippen LogP contribution in [0.1, 0.15) is 13.8 Å². The third kappa shape index (κ3) is 4.74. The molecule has 2 aromatic rings. The van der Waals surface area contributed by atoms with Crippen molar-refractivity contribution >= 4 is 22.9 Å². The topological polar surface area (TPSA) is 67.3 Å². The number of hydrogen-bond acceptors (Lipinski definition) is 5. The van der Waals surface area contributed by atoms with E-state index in [4.69, 9.17) is 4.74 Å². The lowest BCUT2D eigenvalue weighted by molar-refractivity contribution is 0.101. The van der Waals surface area contributed by atoms with Gasteiger partial charge >= 0.3 is 6.09 Å². The lowest BCUT2D eigenvalue weighted by Crippen LogP contribution is -2.32. The number of nitrogens with one attached hydrogen (secondary N) is 1. The predicted molar refractivity (Wildman–Crippen MR) is 86.8 cm³/mol. The Balaban J connectivity index is 1.89. The molecule has 0 bridgehead atoms. The minimum atomic E-state index is -0.971. The number of carbonyl (C=O) groups is 1. The van der Waals surface area contributed by atoms with E-state index in [0.29, 0.717) is 25.5 Å². The van der Waals surface area contributed by atoms with Crippen LogP contribution in [0.3, 0.4) is 0 Å². The summed E-state index contributed by atoms with van der Waals surface area (Å²) in [4.78, 5) is 21.3. The number of nitrogens with zero attached hydrogens (tertiary/aromatic N) is 3. The Kier molecular flexibility index (Phi) is 5.83. The van der Waals surface area contributed by atoms with Crippen LogP contribution in [-0.4, -0.2) is 47.7 Å². The Morgan fingerprint density at radius 2 is 1.96 bits per heavy atom. The molecule has 1 heterocycles. The van der Waals surface area contributed by atoms with Crippen LogP contribution in [0.2, 0.25) is 0 Å². The second-order valence-electron chi connectivity index (χ2n) is 5.83. The van der Waals surface area contributed by atoms with Gasteiger partial charge < -0.3 is 15.0 Å². The van der Waals surface area contributed by atoms with Crippen molar-refractivity contribution in [2.45, 2.75) is 13.8 Å². The van der Waals surface area contributed by atoms with Gasteiger partial charge in [-0.1, -0.05) is 13.8 Å². The van der Waals surface area contributed by atoms with Gasteiger partial charge in [0.2, 0.25) is 0 Å². The molecule has 1 amide bonds. The largest absolute Gasteiger partial charge is 0.449 e. The number of benzene rings is 1. The number of halogens is 2. The Morgan fingerprint density at radius 1 is 1.29 bits per heavy atom. The number of aromatic nitrogens is 2. The standard InChI is InChI=1S/C16H20F2N4O2/c1-10(2)9-24-16(23)22(3)5-4-19-15-8-20-13-6-11(17)12(18)7-14(13)21-15/h6-8,10H,4-5,9H2,1-3H3,(H,19,21). The second-order valence-corrected chi connectivity index (χ2v) is 5.83. The van der Waals surface area contributed by atoms with Gasteiger partial charge in [0.1, 0.15) is 5.82 Å². The molecule has 24 heavy (non-hydrogen) atoms. The maximum absolute atomic E-state index is 13.2. The molecule has 6 nitrogen and oxygen atoms in total. The first kappa shape index (κ1) is 17.8. The van der Waals surface area contributed by atoms with Gasteiger partial charge in [-0.2, -0.15) is 0 Å². The van der Waals surface area contributed by atoms with Crippen molar-refractivity contribution in [2.24, 2.45) is 5.92 Å². The minimum absolute atomic E-state index is 0.253. The Bertz CT molecular complexity index is 725. The highest BCUT2D eigenvalue weighted by Gasteiger charge is 2.11. The molecule has 1 N–H and O–H groups in total. The summed E-state index contributed by atoms with van der Waals surface area (Å²) < 4.78 is 31.5. The van der Waals surface area contributed by atoms with Crippen LogP contribution >= 0.6 is 0 Å². The van der Waals surface area contributed by atoms with Gasteiger partial charge in [-0.3, -0.25) is 4.98 Å². The molecule has 0 radical (unpaired) electrons. The van der Waals surface area contributed by atoms with E-state index in [9.17, 15) is 13.6 Å².